The molecular weight excluding hydrogens is 1330 g/mol. The third-order valence-corrected chi connectivity index (χ3v) is 24.9. The fourth-order valence-corrected chi connectivity index (χ4v) is 19.6. The normalized spacial score (nSPS) is 13.4. The lowest BCUT2D eigenvalue weighted by Crippen LogP contribution is -2.14. The van der Waals surface area contributed by atoms with E-state index < -0.39 is 0 Å². The van der Waals surface area contributed by atoms with Crippen LogP contribution in [0.4, 0.5) is 0 Å². The van der Waals surface area contributed by atoms with Crippen molar-refractivity contribution in [2.24, 2.45) is 0 Å². The van der Waals surface area contributed by atoms with Gasteiger partial charge in [-0.05, 0) is 237 Å². The van der Waals surface area contributed by atoms with Crippen LogP contribution in [0.15, 0.2) is 364 Å². The van der Waals surface area contributed by atoms with E-state index in [-0.39, 0.29) is 10.8 Å². The molecule has 0 N–H and O–H groups in total. The zero-order valence-electron chi connectivity index (χ0n) is 61.4. The summed E-state index contributed by atoms with van der Waals surface area (Å²) in [6.45, 7) is 9.50. The molecule has 0 unspecified atom stereocenters. The Morgan fingerprint density at radius 2 is 0.500 bits per heavy atom. The first-order chi connectivity index (χ1) is 54.0. The first-order valence-electron chi connectivity index (χ1n) is 38.5. The second kappa shape index (κ2) is 23.4. The van der Waals surface area contributed by atoms with E-state index in [1.54, 1.807) is 0 Å². The van der Waals surface area contributed by atoms with E-state index in [1.165, 1.54) is 220 Å². The van der Waals surface area contributed by atoms with Gasteiger partial charge in [0, 0.05) is 76.7 Å². The van der Waals surface area contributed by atoms with Crippen LogP contribution < -0.4 is 0 Å². The topological polar surface area (TPSA) is 19.7 Å². The Morgan fingerprint density at radius 3 is 0.964 bits per heavy atom. The highest BCUT2D eigenvalue weighted by molar-refractivity contribution is 6.20. The number of hydrogen-bond acceptors (Lipinski definition) is 0. The lowest BCUT2D eigenvalue weighted by atomic mass is 9.82. The van der Waals surface area contributed by atoms with Gasteiger partial charge in [0.25, 0.3) is 0 Å². The first kappa shape index (κ1) is 62.4. The third kappa shape index (κ3) is 9.14. The molecule has 24 rings (SSSR count). The smallest absolute Gasteiger partial charge is 0.0547 e. The second-order valence-electron chi connectivity index (χ2n) is 31.6. The summed E-state index contributed by atoms with van der Waals surface area (Å²) in [4.78, 5) is 0. The largest absolute Gasteiger partial charge is 0.309 e. The Morgan fingerprint density at radius 1 is 0.182 bits per heavy atom. The van der Waals surface area contributed by atoms with Crippen molar-refractivity contribution in [3.05, 3.63) is 386 Å². The van der Waals surface area contributed by atoms with E-state index in [4.69, 9.17) is 0 Å². The number of fused-ring (bicyclic) bond motifs is 23. The number of aromatic nitrogens is 4. The molecule has 516 valence electrons. The van der Waals surface area contributed by atoms with Gasteiger partial charge < -0.3 is 18.3 Å². The van der Waals surface area contributed by atoms with Crippen LogP contribution in [0.1, 0.15) is 49.9 Å². The average molecular weight is 1400 g/mol. The summed E-state index contributed by atoms with van der Waals surface area (Å²) < 4.78 is 9.80. The van der Waals surface area contributed by atoms with E-state index in [2.05, 4.69) is 410 Å². The Bertz CT molecular complexity index is 7640. The minimum Gasteiger partial charge on any atom is -0.309 e. The highest BCUT2D eigenvalue weighted by Gasteiger charge is 2.39. The van der Waals surface area contributed by atoms with Crippen molar-refractivity contribution >= 4 is 130 Å². The van der Waals surface area contributed by atoms with Crippen molar-refractivity contribution in [2.75, 3.05) is 0 Å². The molecule has 4 aromatic heterocycles. The molecule has 18 aromatic carbocycles. The maximum absolute atomic E-state index is 2.49. The van der Waals surface area contributed by atoms with Crippen LogP contribution in [0.3, 0.4) is 0 Å². The van der Waals surface area contributed by atoms with Gasteiger partial charge in [0.2, 0.25) is 0 Å². The lowest BCUT2D eigenvalue weighted by molar-refractivity contribution is 0.661. The van der Waals surface area contributed by atoms with Crippen LogP contribution in [-0.2, 0) is 10.8 Å². The fraction of sp³-hybridized carbons (Fsp3) is 0.0566. The molecule has 0 saturated heterocycles. The highest BCUT2D eigenvalue weighted by Crippen LogP contribution is 2.55. The minimum absolute atomic E-state index is 0.0839. The van der Waals surface area contributed by atoms with Gasteiger partial charge in [0.1, 0.15) is 0 Å². The Hall–Kier alpha value is -13.8. The van der Waals surface area contributed by atoms with Crippen molar-refractivity contribution in [2.45, 2.75) is 38.5 Å². The van der Waals surface area contributed by atoms with Crippen LogP contribution in [0, 0.1) is 0 Å². The van der Waals surface area contributed by atoms with Crippen molar-refractivity contribution in [3.8, 4) is 67.3 Å². The molecular formula is C106H72N4. The molecule has 4 heterocycles. The highest BCUT2D eigenvalue weighted by atomic mass is 15.0. The second-order valence-corrected chi connectivity index (χ2v) is 31.6. The van der Waals surface area contributed by atoms with Crippen molar-refractivity contribution < 1.29 is 0 Å². The van der Waals surface area contributed by atoms with E-state index in [1.807, 2.05) is 0 Å². The van der Waals surface area contributed by atoms with Gasteiger partial charge in [-0.15, -0.1) is 0 Å². The number of nitrogens with zero attached hydrogens (tertiary/aromatic N) is 4. The van der Waals surface area contributed by atoms with Crippen LogP contribution in [0.5, 0.6) is 0 Å². The van der Waals surface area contributed by atoms with Gasteiger partial charge >= 0.3 is 0 Å². The summed E-state index contributed by atoms with van der Waals surface area (Å²) in [7, 11) is 0. The van der Waals surface area contributed by atoms with Gasteiger partial charge in [-0.2, -0.15) is 0 Å². The number of rotatable bonds is 6. The SMILES string of the molecule is CC1(C)c2ccccc2-c2c1ccc1c2c2cc(-c3ccc4c(c3)c3ccccc3n4-c3ccc4ccccc4c3)ccc2n1-c1ccc2ccccc2c1.CC1(C)c2ccccc2-c2cc3c(cc21)c1cc(-c2ccc4c(c2)c2ccccc2n4-c2ccc4ccccc4c2)ccc1n3-c1ccc2ccccc2c1. The summed E-state index contributed by atoms with van der Waals surface area (Å²) in [5.74, 6) is 0. The molecule has 0 radical (unpaired) electrons. The van der Waals surface area contributed by atoms with Gasteiger partial charge in [0.15, 0.2) is 0 Å². The average Bonchev–Trinajstić information content (AvgIpc) is 1.54. The predicted molar refractivity (Wildman–Crippen MR) is 466 cm³/mol. The van der Waals surface area contributed by atoms with Crippen molar-refractivity contribution in [1.82, 2.24) is 18.3 Å². The number of para-hydroxylation sites is 2. The summed E-state index contributed by atoms with van der Waals surface area (Å²) in [5, 5.41) is 20.2. The van der Waals surface area contributed by atoms with Gasteiger partial charge in [0.05, 0.1) is 44.1 Å². The van der Waals surface area contributed by atoms with Crippen LogP contribution >= 0.6 is 0 Å². The standard InChI is InChI=1S/2C53H36N2/c1-53(2)45-17-9-7-16-42(45)51-46(53)25-28-50-52(51)44-32-38(22-27-49(44)55(50)40-24-20-34-12-4-6-14-36(34)30-40)37-21-26-48-43(31-37)41-15-8-10-18-47(41)54(48)39-23-19-33-11-3-5-13-35(33)29-39;1-53(2)47-17-9-7-15-41(47)43-32-52-46(31-48(43)53)45-30-38(22-26-51(45)55(52)40-24-20-34-12-4-6-14-36(34)28-40)37-21-25-50-44(29-37)42-16-8-10-18-49(42)54(50)39-23-19-33-11-3-5-13-35(33)27-39/h2*3-32H,1-2H3. The maximum Gasteiger partial charge on any atom is 0.0547 e. The molecule has 4 nitrogen and oxygen atoms in total. The van der Waals surface area contributed by atoms with E-state index in [9.17, 15) is 0 Å². The molecule has 0 spiro atoms. The molecule has 0 saturated carbocycles. The molecule has 0 aliphatic heterocycles. The molecule has 0 bridgehead atoms. The summed E-state index contributed by atoms with van der Waals surface area (Å²) >= 11 is 0. The Balaban J connectivity index is 0.000000132. The van der Waals surface area contributed by atoms with Gasteiger partial charge in [-0.1, -0.05) is 264 Å². The zero-order valence-corrected chi connectivity index (χ0v) is 61.4. The Kier molecular flexibility index (Phi) is 13.2. The molecule has 2 aliphatic carbocycles. The van der Waals surface area contributed by atoms with Gasteiger partial charge in [-0.3, -0.25) is 0 Å². The fourth-order valence-electron chi connectivity index (χ4n) is 19.6. The molecule has 0 atom stereocenters. The molecule has 0 amide bonds. The van der Waals surface area contributed by atoms with E-state index in [0.29, 0.717) is 0 Å². The van der Waals surface area contributed by atoms with Crippen LogP contribution in [-0.4, -0.2) is 18.3 Å². The first-order valence-corrected chi connectivity index (χ1v) is 38.5. The molecule has 4 heteroatoms. The van der Waals surface area contributed by atoms with Crippen LogP contribution in [0.2, 0.25) is 0 Å². The third-order valence-electron chi connectivity index (χ3n) is 24.9. The summed E-state index contributed by atoms with van der Waals surface area (Å²) in [6, 6.07) is 135. The monoisotopic (exact) mass is 1400 g/mol. The van der Waals surface area contributed by atoms with Crippen LogP contribution in [0.25, 0.3) is 198 Å². The van der Waals surface area contributed by atoms with Gasteiger partial charge in [-0.25, -0.2) is 0 Å². The van der Waals surface area contributed by atoms with Crippen molar-refractivity contribution in [1.29, 1.82) is 0 Å². The quantitative estimate of drug-likeness (QED) is 0.158. The molecule has 0 fully saturated rings. The van der Waals surface area contributed by atoms with E-state index in [0.717, 1.165) is 0 Å². The molecule has 2 aliphatic rings. The zero-order chi connectivity index (χ0) is 72.8. The molecule has 110 heavy (non-hydrogen) atoms. The number of hydrogen-bond donors (Lipinski definition) is 0. The summed E-state index contributed by atoms with van der Waals surface area (Å²) in [5.41, 5.74) is 30.2. The molecule has 22 aromatic rings. The lowest BCUT2D eigenvalue weighted by Gasteiger charge is -2.21. The predicted octanol–water partition coefficient (Wildman–Crippen LogP) is 28.3. The number of benzene rings is 18. The van der Waals surface area contributed by atoms with Crippen molar-refractivity contribution in [3.63, 3.8) is 0 Å². The van der Waals surface area contributed by atoms with E-state index >= 15 is 0 Å². The maximum atomic E-state index is 2.49. The minimum atomic E-state index is -0.0839. The Labute approximate surface area is 636 Å². The summed E-state index contributed by atoms with van der Waals surface area (Å²) in [6.07, 6.45) is 0.